The number of hydrogen-bond donors (Lipinski definition) is 1. The van der Waals surface area contributed by atoms with Crippen LogP contribution in [0, 0.1) is 0 Å². The second-order valence-electron chi connectivity index (χ2n) is 3.12. The molecule has 16 heavy (non-hydrogen) atoms. The Morgan fingerprint density at radius 3 is 3.06 bits per heavy atom. The fourth-order valence-electron chi connectivity index (χ4n) is 1.27. The molecule has 0 saturated carbocycles. The number of methoxy groups -OCH3 is 1. The van der Waals surface area contributed by atoms with Crippen LogP contribution in [0.1, 0.15) is 5.69 Å². The highest BCUT2D eigenvalue weighted by molar-refractivity contribution is 9.10. The van der Waals surface area contributed by atoms with Crippen LogP contribution in [0.5, 0.6) is 0 Å². The van der Waals surface area contributed by atoms with Gasteiger partial charge in [0.25, 0.3) is 5.56 Å². The monoisotopic (exact) mass is 284 g/mol. The second-order valence-corrected chi connectivity index (χ2v) is 3.91. The summed E-state index contributed by atoms with van der Waals surface area (Å²) in [5, 5.41) is 0. The Morgan fingerprint density at radius 2 is 2.44 bits per heavy atom. The Morgan fingerprint density at radius 1 is 1.62 bits per heavy atom. The number of halogens is 1. The molecule has 2 aromatic rings. The normalized spacial score (nSPS) is 10.6. The highest BCUT2D eigenvalue weighted by atomic mass is 79.9. The average molecular weight is 285 g/mol. The van der Waals surface area contributed by atoms with Gasteiger partial charge in [0.2, 0.25) is 0 Å². The van der Waals surface area contributed by atoms with E-state index < -0.39 is 0 Å². The quantitative estimate of drug-likeness (QED) is 0.935. The number of aromatic amines is 1. The largest absolute Gasteiger partial charge is 0.472 e. The Labute approximate surface area is 99.6 Å². The summed E-state index contributed by atoms with van der Waals surface area (Å²) in [4.78, 5) is 18.5. The molecule has 2 rings (SSSR count). The van der Waals surface area contributed by atoms with Gasteiger partial charge in [0.05, 0.1) is 24.1 Å². The minimum atomic E-state index is -0.238. The minimum absolute atomic E-state index is 0.238. The summed E-state index contributed by atoms with van der Waals surface area (Å²) in [5.74, 6) is 0.467. The highest BCUT2D eigenvalue weighted by Crippen LogP contribution is 2.17. The van der Waals surface area contributed by atoms with Crippen molar-refractivity contribution in [2.45, 2.75) is 6.61 Å². The number of nitrogens with zero attached hydrogens (tertiary/aromatic N) is 1. The van der Waals surface area contributed by atoms with Crippen molar-refractivity contribution >= 4 is 15.9 Å². The molecule has 0 aliphatic heterocycles. The molecular formula is C10H9BrN2O3. The number of rotatable bonds is 3. The van der Waals surface area contributed by atoms with Crippen molar-refractivity contribution < 1.29 is 9.15 Å². The second kappa shape index (κ2) is 4.63. The Bertz CT molecular complexity index is 533. The molecule has 0 bridgehead atoms. The maximum atomic E-state index is 11.6. The van der Waals surface area contributed by atoms with Crippen molar-refractivity contribution in [2.24, 2.45) is 0 Å². The molecule has 0 amide bonds. The molecular weight excluding hydrogens is 276 g/mol. The van der Waals surface area contributed by atoms with Gasteiger partial charge < -0.3 is 14.1 Å². The van der Waals surface area contributed by atoms with E-state index in [4.69, 9.17) is 9.15 Å². The van der Waals surface area contributed by atoms with E-state index in [2.05, 4.69) is 25.9 Å². The van der Waals surface area contributed by atoms with E-state index in [-0.39, 0.29) is 12.2 Å². The van der Waals surface area contributed by atoms with Crippen LogP contribution >= 0.6 is 15.9 Å². The van der Waals surface area contributed by atoms with Crippen molar-refractivity contribution in [3.8, 4) is 11.4 Å². The zero-order valence-corrected chi connectivity index (χ0v) is 10.1. The third-order valence-electron chi connectivity index (χ3n) is 2.01. The van der Waals surface area contributed by atoms with Gasteiger partial charge in [-0.25, -0.2) is 4.98 Å². The summed E-state index contributed by atoms with van der Waals surface area (Å²) in [6.07, 6.45) is 3.04. The zero-order chi connectivity index (χ0) is 11.5. The first-order valence-corrected chi connectivity index (χ1v) is 5.32. The lowest BCUT2D eigenvalue weighted by Crippen LogP contribution is -2.13. The van der Waals surface area contributed by atoms with Crippen LogP contribution in [0.2, 0.25) is 0 Å². The lowest BCUT2D eigenvalue weighted by molar-refractivity contribution is 0.180. The molecule has 0 radical (unpaired) electrons. The van der Waals surface area contributed by atoms with Gasteiger partial charge in [0.15, 0.2) is 0 Å². The smallest absolute Gasteiger partial charge is 0.265 e. The van der Waals surface area contributed by atoms with Crippen molar-refractivity contribution in [2.75, 3.05) is 7.11 Å². The van der Waals surface area contributed by atoms with Gasteiger partial charge in [-0.05, 0) is 22.0 Å². The van der Waals surface area contributed by atoms with Crippen molar-refractivity contribution in [3.05, 3.63) is 39.1 Å². The van der Waals surface area contributed by atoms with Crippen LogP contribution in [-0.2, 0) is 11.3 Å². The summed E-state index contributed by atoms with van der Waals surface area (Å²) in [7, 11) is 1.55. The summed E-state index contributed by atoms with van der Waals surface area (Å²) in [6.45, 7) is 0.273. The van der Waals surface area contributed by atoms with Crippen molar-refractivity contribution in [1.82, 2.24) is 9.97 Å². The SMILES string of the molecule is COCc1nc(-c2ccoc2)[nH]c(=O)c1Br. The fourth-order valence-corrected chi connectivity index (χ4v) is 1.58. The van der Waals surface area contributed by atoms with Gasteiger partial charge in [0, 0.05) is 7.11 Å². The van der Waals surface area contributed by atoms with E-state index in [1.54, 1.807) is 13.2 Å². The Hall–Kier alpha value is -1.40. The van der Waals surface area contributed by atoms with E-state index >= 15 is 0 Å². The number of ether oxygens (including phenoxy) is 1. The minimum Gasteiger partial charge on any atom is -0.472 e. The standard InChI is InChI=1S/C10H9BrN2O3/c1-15-5-7-8(11)10(14)13-9(12-7)6-2-3-16-4-6/h2-4H,5H2,1H3,(H,12,13,14). The molecule has 0 aliphatic rings. The van der Waals surface area contributed by atoms with Crippen LogP contribution in [0.25, 0.3) is 11.4 Å². The molecule has 0 unspecified atom stereocenters. The average Bonchev–Trinajstić information content (AvgIpc) is 2.78. The molecule has 0 fully saturated rings. The molecule has 0 atom stereocenters. The molecule has 5 nitrogen and oxygen atoms in total. The zero-order valence-electron chi connectivity index (χ0n) is 8.49. The van der Waals surface area contributed by atoms with E-state index in [1.165, 1.54) is 12.5 Å². The first kappa shape index (κ1) is 11.1. The van der Waals surface area contributed by atoms with Crippen LogP contribution in [0.4, 0.5) is 0 Å². The van der Waals surface area contributed by atoms with Gasteiger partial charge in [-0.15, -0.1) is 0 Å². The summed E-state index contributed by atoms with van der Waals surface area (Å²) in [6, 6.07) is 1.72. The summed E-state index contributed by atoms with van der Waals surface area (Å²) < 4.78 is 10.3. The third kappa shape index (κ3) is 2.07. The van der Waals surface area contributed by atoms with Crippen LogP contribution < -0.4 is 5.56 Å². The molecule has 1 N–H and O–H groups in total. The highest BCUT2D eigenvalue weighted by Gasteiger charge is 2.10. The maximum Gasteiger partial charge on any atom is 0.265 e. The summed E-state index contributed by atoms with van der Waals surface area (Å²) in [5.41, 5.74) is 1.04. The van der Waals surface area contributed by atoms with Gasteiger partial charge in [-0.1, -0.05) is 0 Å². The van der Waals surface area contributed by atoms with Crippen LogP contribution in [-0.4, -0.2) is 17.1 Å². The van der Waals surface area contributed by atoms with Gasteiger partial charge in [-0.2, -0.15) is 0 Å². The van der Waals surface area contributed by atoms with E-state index in [0.29, 0.717) is 16.0 Å². The molecule has 84 valence electrons. The van der Waals surface area contributed by atoms with Gasteiger partial charge in [0.1, 0.15) is 16.6 Å². The maximum absolute atomic E-state index is 11.6. The first-order chi connectivity index (χ1) is 7.72. The van der Waals surface area contributed by atoms with Crippen molar-refractivity contribution in [3.63, 3.8) is 0 Å². The third-order valence-corrected chi connectivity index (χ3v) is 2.82. The number of furan rings is 1. The van der Waals surface area contributed by atoms with Crippen LogP contribution in [0.15, 0.2) is 32.3 Å². The Kier molecular flexibility index (Phi) is 3.21. The predicted molar refractivity (Wildman–Crippen MR) is 61.0 cm³/mol. The summed E-state index contributed by atoms with van der Waals surface area (Å²) >= 11 is 3.17. The Balaban J connectivity index is 2.53. The van der Waals surface area contributed by atoms with Gasteiger partial charge >= 0.3 is 0 Å². The van der Waals surface area contributed by atoms with Crippen LogP contribution in [0.3, 0.4) is 0 Å². The fraction of sp³-hybridized carbons (Fsp3) is 0.200. The number of aromatic nitrogens is 2. The predicted octanol–water partition coefficient (Wildman–Crippen LogP) is 1.94. The van der Waals surface area contributed by atoms with Crippen molar-refractivity contribution in [1.29, 1.82) is 0 Å². The first-order valence-electron chi connectivity index (χ1n) is 4.52. The molecule has 2 aromatic heterocycles. The molecule has 0 aromatic carbocycles. The lowest BCUT2D eigenvalue weighted by Gasteiger charge is -2.04. The molecule has 0 saturated heterocycles. The number of hydrogen-bond acceptors (Lipinski definition) is 4. The van der Waals surface area contributed by atoms with E-state index in [0.717, 1.165) is 5.56 Å². The number of nitrogens with one attached hydrogen (secondary N) is 1. The molecule has 0 aliphatic carbocycles. The molecule has 6 heteroatoms. The lowest BCUT2D eigenvalue weighted by atomic mass is 10.3. The topological polar surface area (TPSA) is 68.1 Å². The van der Waals surface area contributed by atoms with Gasteiger partial charge in [-0.3, -0.25) is 4.79 Å². The molecule has 0 spiro atoms. The number of H-pyrrole nitrogens is 1. The molecule has 2 heterocycles. The van der Waals surface area contributed by atoms with E-state index in [1.807, 2.05) is 0 Å². The van der Waals surface area contributed by atoms with E-state index in [9.17, 15) is 4.79 Å².